The van der Waals surface area contributed by atoms with E-state index < -0.39 is 0 Å². The second-order valence-electron chi connectivity index (χ2n) is 5.63. The minimum absolute atomic E-state index is 0.0142. The number of oxime groups is 1. The van der Waals surface area contributed by atoms with E-state index >= 15 is 0 Å². The Labute approximate surface area is 129 Å². The van der Waals surface area contributed by atoms with E-state index in [0.717, 1.165) is 25.7 Å². The quantitative estimate of drug-likeness (QED) is 0.347. The maximum absolute atomic E-state index is 12.2. The summed E-state index contributed by atoms with van der Waals surface area (Å²) in [6.45, 7) is 2.22. The van der Waals surface area contributed by atoms with E-state index in [2.05, 4.69) is 17.4 Å². The van der Waals surface area contributed by atoms with Crippen LogP contribution in [0.2, 0.25) is 5.02 Å². The van der Waals surface area contributed by atoms with Crippen LogP contribution in [0.1, 0.15) is 38.2 Å². The molecule has 4 N–H and O–H groups in total. The summed E-state index contributed by atoms with van der Waals surface area (Å²) in [5.41, 5.74) is 6.56. The molecule has 0 atom stereocenters. The van der Waals surface area contributed by atoms with E-state index in [1.807, 2.05) is 0 Å². The number of hydrogen-bond donors (Lipinski definition) is 3. The third-order valence-electron chi connectivity index (χ3n) is 4.02. The number of carbonyl (C=O) groups excluding carboxylic acids is 1. The number of anilines is 1. The number of rotatable bonds is 3. The van der Waals surface area contributed by atoms with E-state index in [1.165, 1.54) is 0 Å². The topological polar surface area (TPSA) is 87.7 Å². The first kappa shape index (κ1) is 15.6. The fraction of sp³-hybridized carbons (Fsp3) is 0.467. The highest BCUT2D eigenvalue weighted by Crippen LogP contribution is 2.30. The van der Waals surface area contributed by atoms with Gasteiger partial charge >= 0.3 is 0 Å². The van der Waals surface area contributed by atoms with Crippen molar-refractivity contribution in [2.24, 2.45) is 22.7 Å². The van der Waals surface area contributed by atoms with Gasteiger partial charge in [0.15, 0.2) is 5.84 Å². The average Bonchev–Trinajstić information content (AvgIpc) is 2.49. The van der Waals surface area contributed by atoms with Gasteiger partial charge in [0.05, 0.1) is 10.7 Å². The van der Waals surface area contributed by atoms with Crippen molar-refractivity contribution in [3.05, 3.63) is 28.8 Å². The predicted octanol–water partition coefficient (Wildman–Crippen LogP) is 3.20. The van der Waals surface area contributed by atoms with Gasteiger partial charge in [-0.1, -0.05) is 23.7 Å². The number of halogens is 1. The van der Waals surface area contributed by atoms with Crippen LogP contribution in [0, 0.1) is 11.8 Å². The lowest BCUT2D eigenvalue weighted by molar-refractivity contribution is -0.121. The van der Waals surface area contributed by atoms with E-state index in [9.17, 15) is 4.79 Å². The van der Waals surface area contributed by atoms with Crippen LogP contribution in [0.3, 0.4) is 0 Å². The van der Waals surface area contributed by atoms with E-state index in [0.29, 0.717) is 22.2 Å². The zero-order chi connectivity index (χ0) is 15.4. The minimum Gasteiger partial charge on any atom is -0.409 e. The van der Waals surface area contributed by atoms with Crippen molar-refractivity contribution >= 4 is 29.0 Å². The predicted molar refractivity (Wildman–Crippen MR) is 83.7 cm³/mol. The first-order valence-corrected chi connectivity index (χ1v) is 7.47. The lowest BCUT2D eigenvalue weighted by Crippen LogP contribution is -2.26. The van der Waals surface area contributed by atoms with Gasteiger partial charge in [-0.05, 0) is 49.8 Å². The highest BCUT2D eigenvalue weighted by Gasteiger charge is 2.24. The highest BCUT2D eigenvalue weighted by molar-refractivity contribution is 6.34. The van der Waals surface area contributed by atoms with Crippen molar-refractivity contribution in [2.75, 3.05) is 5.32 Å². The molecule has 1 saturated carbocycles. The van der Waals surface area contributed by atoms with Crippen molar-refractivity contribution in [3.8, 4) is 0 Å². The highest BCUT2D eigenvalue weighted by atomic mass is 35.5. The Kier molecular flexibility index (Phi) is 5.07. The van der Waals surface area contributed by atoms with Crippen LogP contribution < -0.4 is 11.1 Å². The fourth-order valence-corrected chi connectivity index (χ4v) is 2.82. The Balaban J connectivity index is 2.04. The number of nitrogens with one attached hydrogen (secondary N) is 1. The van der Waals surface area contributed by atoms with E-state index in [1.54, 1.807) is 18.2 Å². The lowest BCUT2D eigenvalue weighted by Gasteiger charge is -2.25. The van der Waals surface area contributed by atoms with Crippen molar-refractivity contribution < 1.29 is 10.0 Å². The molecule has 0 spiro atoms. The number of hydrogen-bond acceptors (Lipinski definition) is 3. The molecular weight excluding hydrogens is 290 g/mol. The molecular formula is C15H20ClN3O2. The van der Waals surface area contributed by atoms with E-state index in [-0.39, 0.29) is 17.7 Å². The molecule has 114 valence electrons. The SMILES string of the molecule is CC1CCC(C(=O)Nc2ccc(/C(N)=N/O)cc2Cl)CC1. The molecule has 0 radical (unpaired) electrons. The number of amidine groups is 1. The van der Waals surface area contributed by atoms with Gasteiger partial charge in [-0.15, -0.1) is 0 Å². The molecule has 1 fully saturated rings. The van der Waals surface area contributed by atoms with Gasteiger partial charge < -0.3 is 16.3 Å². The molecule has 0 bridgehead atoms. The summed E-state index contributed by atoms with van der Waals surface area (Å²) >= 11 is 6.13. The maximum atomic E-state index is 12.2. The molecule has 1 aliphatic carbocycles. The third kappa shape index (κ3) is 3.88. The number of carbonyl (C=O) groups is 1. The Bertz CT molecular complexity index is 552. The molecule has 21 heavy (non-hydrogen) atoms. The first-order valence-electron chi connectivity index (χ1n) is 7.09. The average molecular weight is 310 g/mol. The zero-order valence-electron chi connectivity index (χ0n) is 12.0. The summed E-state index contributed by atoms with van der Waals surface area (Å²) in [7, 11) is 0. The second kappa shape index (κ2) is 6.80. The van der Waals surface area contributed by atoms with Gasteiger partial charge in [0.2, 0.25) is 5.91 Å². The van der Waals surface area contributed by atoms with Gasteiger partial charge in [-0.3, -0.25) is 4.79 Å². The fourth-order valence-electron chi connectivity index (χ4n) is 2.59. The number of nitrogens with zero attached hydrogens (tertiary/aromatic N) is 1. The maximum Gasteiger partial charge on any atom is 0.227 e. The largest absolute Gasteiger partial charge is 0.409 e. The number of nitrogens with two attached hydrogens (primary N) is 1. The molecule has 0 aliphatic heterocycles. The molecule has 0 aromatic heterocycles. The van der Waals surface area contributed by atoms with Gasteiger partial charge in [-0.25, -0.2) is 0 Å². The number of benzene rings is 1. The van der Waals surface area contributed by atoms with Crippen molar-refractivity contribution in [3.63, 3.8) is 0 Å². The number of amides is 1. The van der Waals surface area contributed by atoms with Gasteiger partial charge in [0.25, 0.3) is 0 Å². The molecule has 1 aliphatic rings. The van der Waals surface area contributed by atoms with Gasteiger partial charge in [-0.2, -0.15) is 0 Å². The molecule has 0 heterocycles. The monoisotopic (exact) mass is 309 g/mol. The van der Waals surface area contributed by atoms with Crippen LogP contribution in [0.5, 0.6) is 0 Å². The van der Waals surface area contributed by atoms with E-state index in [4.69, 9.17) is 22.5 Å². The van der Waals surface area contributed by atoms with Crippen LogP contribution in [0.4, 0.5) is 5.69 Å². The van der Waals surface area contributed by atoms with Crippen LogP contribution in [0.15, 0.2) is 23.4 Å². The summed E-state index contributed by atoms with van der Waals surface area (Å²) in [6.07, 6.45) is 4.03. The minimum atomic E-state index is -0.0176. The molecule has 0 saturated heterocycles. The molecule has 5 nitrogen and oxygen atoms in total. The summed E-state index contributed by atoms with van der Waals surface area (Å²) in [5.74, 6) is 0.759. The van der Waals surface area contributed by atoms with Crippen LogP contribution in [-0.2, 0) is 4.79 Å². The third-order valence-corrected chi connectivity index (χ3v) is 4.33. The standard InChI is InChI=1S/C15H20ClN3O2/c1-9-2-4-10(5-3-9)15(20)18-13-7-6-11(8-12(13)16)14(17)19-21/h6-10,21H,2-5H2,1H3,(H2,17,19)(H,18,20). The molecule has 0 unspecified atom stereocenters. The van der Waals surface area contributed by atoms with Gasteiger partial charge in [0, 0.05) is 11.5 Å². The first-order chi connectivity index (χ1) is 10.0. The second-order valence-corrected chi connectivity index (χ2v) is 6.03. The van der Waals surface area contributed by atoms with Crippen LogP contribution in [0.25, 0.3) is 0 Å². The summed E-state index contributed by atoms with van der Waals surface area (Å²) < 4.78 is 0. The Hall–Kier alpha value is -1.75. The molecule has 2 rings (SSSR count). The smallest absolute Gasteiger partial charge is 0.227 e. The molecule has 6 heteroatoms. The summed E-state index contributed by atoms with van der Waals surface area (Å²) in [6, 6.07) is 4.88. The normalized spacial score (nSPS) is 22.9. The Morgan fingerprint density at radius 1 is 1.38 bits per heavy atom. The molecule has 1 amide bonds. The van der Waals surface area contributed by atoms with Crippen molar-refractivity contribution in [1.29, 1.82) is 0 Å². The summed E-state index contributed by atoms with van der Waals surface area (Å²) in [5, 5.41) is 14.8. The molecule has 1 aromatic carbocycles. The van der Waals surface area contributed by atoms with Crippen molar-refractivity contribution in [2.45, 2.75) is 32.6 Å². The van der Waals surface area contributed by atoms with Crippen LogP contribution >= 0.6 is 11.6 Å². The van der Waals surface area contributed by atoms with Gasteiger partial charge in [0.1, 0.15) is 0 Å². The molecule has 1 aromatic rings. The van der Waals surface area contributed by atoms with Crippen LogP contribution in [-0.4, -0.2) is 17.0 Å². The Morgan fingerprint density at radius 3 is 2.62 bits per heavy atom. The zero-order valence-corrected chi connectivity index (χ0v) is 12.7. The Morgan fingerprint density at radius 2 is 2.05 bits per heavy atom. The lowest BCUT2D eigenvalue weighted by atomic mass is 9.82. The van der Waals surface area contributed by atoms with Crippen molar-refractivity contribution in [1.82, 2.24) is 0 Å². The summed E-state index contributed by atoms with van der Waals surface area (Å²) in [4.78, 5) is 12.2.